The summed E-state index contributed by atoms with van der Waals surface area (Å²) in [7, 11) is 0. The lowest BCUT2D eigenvalue weighted by Crippen LogP contribution is -2.04. The van der Waals surface area contributed by atoms with E-state index in [1.54, 1.807) is 19.2 Å². The van der Waals surface area contributed by atoms with Crippen LogP contribution in [0.3, 0.4) is 0 Å². The molecule has 0 saturated carbocycles. The Morgan fingerprint density at radius 1 is 1.53 bits per heavy atom. The third kappa shape index (κ3) is 3.00. The van der Waals surface area contributed by atoms with E-state index in [2.05, 4.69) is 20.2 Å². The highest BCUT2D eigenvalue weighted by atomic mass is 32.2. The molecule has 0 radical (unpaired) electrons. The standard InChI is InChI=1S/C9H8N4O3S/c1-2-15-8(14)7-12-13-9(16-7)17-6-3-4-10-5-11-6/h3-5H,2H2,1H3. The molecule has 0 amide bonds. The van der Waals surface area contributed by atoms with Crippen molar-refractivity contribution < 1.29 is 13.9 Å². The topological polar surface area (TPSA) is 91.0 Å². The maximum atomic E-state index is 11.3. The molecule has 17 heavy (non-hydrogen) atoms. The normalized spacial score (nSPS) is 10.2. The number of aromatic nitrogens is 4. The molecule has 0 spiro atoms. The summed E-state index contributed by atoms with van der Waals surface area (Å²) in [5.41, 5.74) is 0. The van der Waals surface area contributed by atoms with Crippen LogP contribution < -0.4 is 0 Å². The van der Waals surface area contributed by atoms with Gasteiger partial charge in [0.25, 0.3) is 5.22 Å². The fourth-order valence-electron chi connectivity index (χ4n) is 0.955. The Morgan fingerprint density at radius 2 is 2.41 bits per heavy atom. The van der Waals surface area contributed by atoms with Crippen molar-refractivity contribution in [2.75, 3.05) is 6.61 Å². The average Bonchev–Trinajstić information content (AvgIpc) is 2.79. The molecule has 2 aromatic heterocycles. The first-order valence-electron chi connectivity index (χ1n) is 4.74. The zero-order chi connectivity index (χ0) is 12.1. The van der Waals surface area contributed by atoms with E-state index in [-0.39, 0.29) is 17.7 Å². The number of esters is 1. The fourth-order valence-corrected chi connectivity index (χ4v) is 1.56. The van der Waals surface area contributed by atoms with Crippen LogP contribution in [0.1, 0.15) is 17.6 Å². The minimum Gasteiger partial charge on any atom is -0.459 e. The molecule has 2 aromatic rings. The Balaban J connectivity index is 2.06. The molecule has 0 aliphatic heterocycles. The van der Waals surface area contributed by atoms with E-state index in [0.29, 0.717) is 5.03 Å². The molecule has 0 aliphatic rings. The lowest BCUT2D eigenvalue weighted by molar-refractivity contribution is 0.0475. The molecule has 0 fully saturated rings. The molecule has 0 aliphatic carbocycles. The van der Waals surface area contributed by atoms with Crippen molar-refractivity contribution in [1.29, 1.82) is 0 Å². The first-order chi connectivity index (χ1) is 8.29. The highest BCUT2D eigenvalue weighted by Gasteiger charge is 2.16. The third-order valence-electron chi connectivity index (χ3n) is 1.60. The lowest BCUT2D eigenvalue weighted by atomic mass is 10.7. The molecule has 2 rings (SSSR count). The number of rotatable bonds is 4. The van der Waals surface area contributed by atoms with E-state index in [4.69, 9.17) is 9.15 Å². The summed E-state index contributed by atoms with van der Waals surface area (Å²) in [4.78, 5) is 19.0. The summed E-state index contributed by atoms with van der Waals surface area (Å²) in [6.45, 7) is 1.96. The monoisotopic (exact) mass is 252 g/mol. The number of carbonyl (C=O) groups is 1. The van der Waals surface area contributed by atoms with Crippen LogP contribution in [0.5, 0.6) is 0 Å². The number of ether oxygens (including phenoxy) is 1. The second-order valence-corrected chi connectivity index (χ2v) is 3.71. The first kappa shape index (κ1) is 11.5. The predicted octanol–water partition coefficient (Wildman–Crippen LogP) is 1.19. The summed E-state index contributed by atoms with van der Waals surface area (Å²) < 4.78 is 9.83. The molecule has 2 heterocycles. The van der Waals surface area contributed by atoms with Crippen LogP contribution in [0.4, 0.5) is 0 Å². The van der Waals surface area contributed by atoms with Gasteiger partial charge in [-0.25, -0.2) is 14.8 Å². The minimum absolute atomic E-state index is 0.164. The van der Waals surface area contributed by atoms with Gasteiger partial charge in [-0.15, -0.1) is 5.10 Å². The van der Waals surface area contributed by atoms with E-state index in [0.717, 1.165) is 11.8 Å². The van der Waals surface area contributed by atoms with Crippen LogP contribution in [-0.2, 0) is 4.74 Å². The fraction of sp³-hybridized carbons (Fsp3) is 0.222. The van der Waals surface area contributed by atoms with E-state index in [9.17, 15) is 4.79 Å². The van der Waals surface area contributed by atoms with Crippen LogP contribution >= 0.6 is 11.8 Å². The van der Waals surface area contributed by atoms with Crippen molar-refractivity contribution in [2.45, 2.75) is 17.2 Å². The van der Waals surface area contributed by atoms with Gasteiger partial charge in [0.05, 0.1) is 6.61 Å². The quantitative estimate of drug-likeness (QED) is 0.592. The number of hydrogen-bond acceptors (Lipinski definition) is 8. The Kier molecular flexibility index (Phi) is 3.66. The first-order valence-corrected chi connectivity index (χ1v) is 5.55. The summed E-state index contributed by atoms with van der Waals surface area (Å²) in [5, 5.41) is 8.16. The van der Waals surface area contributed by atoms with E-state index in [1.807, 2.05) is 0 Å². The second kappa shape index (κ2) is 5.39. The second-order valence-electron chi connectivity index (χ2n) is 2.74. The van der Waals surface area contributed by atoms with Crippen molar-refractivity contribution in [3.05, 3.63) is 24.5 Å². The Labute approximate surface area is 101 Å². The Bertz CT molecular complexity index is 502. The van der Waals surface area contributed by atoms with E-state index >= 15 is 0 Å². The van der Waals surface area contributed by atoms with Gasteiger partial charge in [0.1, 0.15) is 11.4 Å². The molecular weight excluding hydrogens is 244 g/mol. The van der Waals surface area contributed by atoms with Gasteiger partial charge in [-0.3, -0.25) is 0 Å². The maximum Gasteiger partial charge on any atom is 0.396 e. The molecule has 0 unspecified atom stereocenters. The van der Waals surface area contributed by atoms with E-state index < -0.39 is 5.97 Å². The van der Waals surface area contributed by atoms with Crippen molar-refractivity contribution in [1.82, 2.24) is 20.2 Å². The molecule has 0 aromatic carbocycles. The van der Waals surface area contributed by atoms with Gasteiger partial charge < -0.3 is 9.15 Å². The summed E-state index contributed by atoms with van der Waals surface area (Å²) in [6, 6.07) is 1.69. The van der Waals surface area contributed by atoms with Crippen molar-refractivity contribution in [3.8, 4) is 0 Å². The lowest BCUT2D eigenvalue weighted by Gasteiger charge is -1.94. The van der Waals surface area contributed by atoms with Crippen molar-refractivity contribution in [3.63, 3.8) is 0 Å². The number of hydrogen-bond donors (Lipinski definition) is 0. The number of nitrogens with zero attached hydrogens (tertiary/aromatic N) is 4. The van der Waals surface area contributed by atoms with Crippen LogP contribution in [0.2, 0.25) is 0 Å². The zero-order valence-corrected chi connectivity index (χ0v) is 9.68. The van der Waals surface area contributed by atoms with Gasteiger partial charge in [-0.1, -0.05) is 5.10 Å². The molecule has 8 heteroatoms. The highest BCUT2D eigenvalue weighted by Crippen LogP contribution is 2.23. The smallest absolute Gasteiger partial charge is 0.396 e. The summed E-state index contributed by atoms with van der Waals surface area (Å²) >= 11 is 1.14. The van der Waals surface area contributed by atoms with Gasteiger partial charge in [0, 0.05) is 6.20 Å². The van der Waals surface area contributed by atoms with Crippen LogP contribution in [0.15, 0.2) is 33.3 Å². The van der Waals surface area contributed by atoms with Gasteiger partial charge in [0.2, 0.25) is 0 Å². The maximum absolute atomic E-state index is 11.3. The van der Waals surface area contributed by atoms with Gasteiger partial charge in [-0.05, 0) is 24.8 Å². The molecular formula is C9H8N4O3S. The van der Waals surface area contributed by atoms with Crippen LogP contribution in [-0.4, -0.2) is 32.7 Å². The third-order valence-corrected chi connectivity index (χ3v) is 2.39. The largest absolute Gasteiger partial charge is 0.459 e. The Hall–Kier alpha value is -1.96. The molecule has 88 valence electrons. The predicted molar refractivity (Wildman–Crippen MR) is 56.4 cm³/mol. The summed E-state index contributed by atoms with van der Waals surface area (Å²) in [6.07, 6.45) is 3.00. The molecule has 0 bridgehead atoms. The van der Waals surface area contributed by atoms with Crippen molar-refractivity contribution in [2.24, 2.45) is 0 Å². The van der Waals surface area contributed by atoms with Gasteiger partial charge in [-0.2, -0.15) is 0 Å². The average molecular weight is 252 g/mol. The van der Waals surface area contributed by atoms with Crippen LogP contribution in [0, 0.1) is 0 Å². The number of carbonyl (C=O) groups excluding carboxylic acids is 1. The van der Waals surface area contributed by atoms with E-state index in [1.165, 1.54) is 6.33 Å². The SMILES string of the molecule is CCOC(=O)c1nnc(Sc2ccncn2)o1. The minimum atomic E-state index is -0.630. The molecule has 0 saturated heterocycles. The Morgan fingerprint density at radius 3 is 3.12 bits per heavy atom. The van der Waals surface area contributed by atoms with Gasteiger partial charge in [0.15, 0.2) is 0 Å². The zero-order valence-electron chi connectivity index (χ0n) is 8.86. The van der Waals surface area contributed by atoms with Gasteiger partial charge >= 0.3 is 11.9 Å². The molecule has 0 atom stereocenters. The highest BCUT2D eigenvalue weighted by molar-refractivity contribution is 7.99. The molecule has 0 N–H and O–H groups in total. The van der Waals surface area contributed by atoms with Crippen molar-refractivity contribution >= 4 is 17.7 Å². The van der Waals surface area contributed by atoms with Crippen LogP contribution in [0.25, 0.3) is 0 Å². The summed E-state index contributed by atoms with van der Waals surface area (Å²) in [5.74, 6) is -0.794. The molecule has 7 nitrogen and oxygen atoms in total.